The van der Waals surface area contributed by atoms with Crippen LogP contribution in [0.4, 0.5) is 10.1 Å². The van der Waals surface area contributed by atoms with Gasteiger partial charge < -0.3 is 9.64 Å². The Balaban J connectivity index is 1.59. The molecule has 1 amide bonds. The van der Waals surface area contributed by atoms with Gasteiger partial charge in [0.15, 0.2) is 0 Å². The molecule has 1 aliphatic rings. The number of amides is 1. The van der Waals surface area contributed by atoms with E-state index in [1.807, 2.05) is 0 Å². The standard InChI is InChI=1S/C24H22ClFN2O4S/c1-32-21-11-7-19(8-12-21)27-33(30,31)23-14-17(4-13-22(23)25)24(29)28(20-9-10-20)15-16-2-5-18(26)6-3-16/h2-8,11-14,20,27H,9-10,15H2,1H3. The number of anilines is 1. The van der Waals surface area contributed by atoms with Gasteiger partial charge in [0.05, 0.1) is 12.1 Å². The fourth-order valence-electron chi connectivity index (χ4n) is 3.42. The lowest BCUT2D eigenvalue weighted by Crippen LogP contribution is -2.32. The molecule has 0 heterocycles. The van der Waals surface area contributed by atoms with Gasteiger partial charge in [0.25, 0.3) is 15.9 Å². The van der Waals surface area contributed by atoms with Crippen LogP contribution < -0.4 is 9.46 Å². The van der Waals surface area contributed by atoms with Gasteiger partial charge in [-0.05, 0) is 73.0 Å². The third-order valence-electron chi connectivity index (χ3n) is 5.32. The van der Waals surface area contributed by atoms with E-state index in [0.717, 1.165) is 18.4 Å². The Morgan fingerprint density at radius 3 is 2.36 bits per heavy atom. The number of ether oxygens (including phenoxy) is 1. The normalized spacial score (nSPS) is 13.4. The molecule has 0 bridgehead atoms. The van der Waals surface area contributed by atoms with E-state index >= 15 is 0 Å². The summed E-state index contributed by atoms with van der Waals surface area (Å²) in [7, 11) is -2.53. The molecule has 1 N–H and O–H groups in total. The summed E-state index contributed by atoms with van der Waals surface area (Å²) in [4.78, 5) is 14.8. The molecule has 1 aliphatic carbocycles. The number of halogens is 2. The number of benzene rings is 3. The van der Waals surface area contributed by atoms with Crippen LogP contribution in [0.2, 0.25) is 5.02 Å². The van der Waals surface area contributed by atoms with Crippen LogP contribution in [-0.2, 0) is 16.6 Å². The van der Waals surface area contributed by atoms with Crippen LogP contribution in [0.15, 0.2) is 71.6 Å². The molecule has 0 aromatic heterocycles. The van der Waals surface area contributed by atoms with E-state index < -0.39 is 10.0 Å². The summed E-state index contributed by atoms with van der Waals surface area (Å²) in [5.41, 5.74) is 1.34. The summed E-state index contributed by atoms with van der Waals surface area (Å²) in [5.74, 6) is -0.0655. The molecule has 0 unspecified atom stereocenters. The molecule has 6 nitrogen and oxygen atoms in total. The van der Waals surface area contributed by atoms with Crippen LogP contribution in [0.5, 0.6) is 5.75 Å². The van der Waals surface area contributed by atoms with E-state index in [9.17, 15) is 17.6 Å². The van der Waals surface area contributed by atoms with Crippen molar-refractivity contribution in [3.05, 3.63) is 88.7 Å². The highest BCUT2D eigenvalue weighted by Crippen LogP contribution is 2.32. The highest BCUT2D eigenvalue weighted by molar-refractivity contribution is 7.92. The molecule has 1 fully saturated rings. The highest BCUT2D eigenvalue weighted by Gasteiger charge is 2.33. The number of hydrogen-bond acceptors (Lipinski definition) is 4. The minimum Gasteiger partial charge on any atom is -0.497 e. The van der Waals surface area contributed by atoms with E-state index in [0.29, 0.717) is 18.0 Å². The third kappa shape index (κ3) is 5.46. The van der Waals surface area contributed by atoms with E-state index in [1.165, 1.54) is 37.4 Å². The van der Waals surface area contributed by atoms with Crippen molar-refractivity contribution < 1.29 is 22.3 Å². The lowest BCUT2D eigenvalue weighted by molar-refractivity contribution is 0.0729. The Kier molecular flexibility index (Phi) is 6.58. The Morgan fingerprint density at radius 2 is 1.76 bits per heavy atom. The number of carbonyl (C=O) groups is 1. The molecule has 0 atom stereocenters. The van der Waals surface area contributed by atoms with Crippen LogP contribution in [-0.4, -0.2) is 32.4 Å². The quantitative estimate of drug-likeness (QED) is 0.479. The van der Waals surface area contributed by atoms with E-state index in [2.05, 4.69) is 4.72 Å². The number of carbonyl (C=O) groups excluding carboxylic acids is 1. The van der Waals surface area contributed by atoms with Gasteiger partial charge in [0, 0.05) is 23.8 Å². The fraction of sp³-hybridized carbons (Fsp3) is 0.208. The first-order valence-corrected chi connectivity index (χ1v) is 12.1. The molecular weight excluding hydrogens is 467 g/mol. The summed E-state index contributed by atoms with van der Waals surface area (Å²) in [5, 5.41) is 0.00377. The molecule has 3 aromatic rings. The van der Waals surface area contributed by atoms with Crippen molar-refractivity contribution in [1.82, 2.24) is 4.90 Å². The second kappa shape index (κ2) is 9.41. The molecule has 172 valence electrons. The molecule has 0 aliphatic heterocycles. The average molecular weight is 489 g/mol. The molecule has 0 radical (unpaired) electrons. The van der Waals surface area contributed by atoms with E-state index in [4.69, 9.17) is 16.3 Å². The smallest absolute Gasteiger partial charge is 0.263 e. The van der Waals surface area contributed by atoms with Gasteiger partial charge in [0.2, 0.25) is 0 Å². The fourth-order valence-corrected chi connectivity index (χ4v) is 5.00. The number of rotatable bonds is 8. The summed E-state index contributed by atoms with van der Waals surface area (Å²) in [6.45, 7) is 0.304. The molecule has 0 spiro atoms. The van der Waals surface area contributed by atoms with Crippen LogP contribution >= 0.6 is 11.6 Å². The minimum atomic E-state index is -4.05. The first kappa shape index (κ1) is 23.1. The van der Waals surface area contributed by atoms with Crippen molar-refractivity contribution >= 4 is 33.2 Å². The van der Waals surface area contributed by atoms with Crippen molar-refractivity contribution in [2.45, 2.75) is 30.3 Å². The minimum absolute atomic E-state index is 0.00377. The predicted molar refractivity (Wildman–Crippen MR) is 125 cm³/mol. The molecule has 9 heteroatoms. The monoisotopic (exact) mass is 488 g/mol. The van der Waals surface area contributed by atoms with E-state index in [-0.39, 0.29) is 33.2 Å². The summed E-state index contributed by atoms with van der Waals surface area (Å²) in [6, 6.07) is 16.6. The summed E-state index contributed by atoms with van der Waals surface area (Å²) < 4.78 is 46.8. The topological polar surface area (TPSA) is 75.7 Å². The highest BCUT2D eigenvalue weighted by atomic mass is 35.5. The Bertz CT molecular complexity index is 1260. The summed E-state index contributed by atoms with van der Waals surface area (Å²) >= 11 is 6.20. The first-order valence-electron chi connectivity index (χ1n) is 10.3. The lowest BCUT2D eigenvalue weighted by atomic mass is 10.1. The molecule has 4 rings (SSSR count). The van der Waals surface area contributed by atoms with Crippen LogP contribution in [0.3, 0.4) is 0 Å². The molecule has 3 aromatic carbocycles. The van der Waals surface area contributed by atoms with E-state index in [1.54, 1.807) is 41.3 Å². The first-order chi connectivity index (χ1) is 15.8. The second-order valence-electron chi connectivity index (χ2n) is 7.77. The van der Waals surface area contributed by atoms with Gasteiger partial charge in [0.1, 0.15) is 16.5 Å². The second-order valence-corrected chi connectivity index (χ2v) is 9.83. The largest absolute Gasteiger partial charge is 0.497 e. The van der Waals surface area contributed by atoms with Gasteiger partial charge in [-0.25, -0.2) is 12.8 Å². The Hall–Kier alpha value is -3.10. The zero-order chi connectivity index (χ0) is 23.6. The lowest BCUT2D eigenvalue weighted by Gasteiger charge is -2.23. The van der Waals surface area contributed by atoms with Crippen molar-refractivity contribution in [2.24, 2.45) is 0 Å². The number of methoxy groups -OCH3 is 1. The van der Waals surface area contributed by atoms with Gasteiger partial charge >= 0.3 is 0 Å². The van der Waals surface area contributed by atoms with Gasteiger partial charge in [-0.2, -0.15) is 0 Å². The molecule has 1 saturated carbocycles. The van der Waals surface area contributed by atoms with Crippen LogP contribution in [0, 0.1) is 5.82 Å². The zero-order valence-corrected chi connectivity index (χ0v) is 19.4. The maximum Gasteiger partial charge on any atom is 0.263 e. The van der Waals surface area contributed by atoms with Gasteiger partial charge in [-0.3, -0.25) is 9.52 Å². The number of nitrogens with one attached hydrogen (secondary N) is 1. The Morgan fingerprint density at radius 1 is 1.09 bits per heavy atom. The maximum absolute atomic E-state index is 13.3. The van der Waals surface area contributed by atoms with Crippen molar-refractivity contribution in [2.75, 3.05) is 11.8 Å². The Labute approximate surface area is 197 Å². The van der Waals surface area contributed by atoms with Gasteiger partial charge in [-0.15, -0.1) is 0 Å². The van der Waals surface area contributed by atoms with Crippen LogP contribution in [0.25, 0.3) is 0 Å². The summed E-state index contributed by atoms with van der Waals surface area (Å²) in [6.07, 6.45) is 1.73. The molecule has 0 saturated heterocycles. The zero-order valence-electron chi connectivity index (χ0n) is 17.8. The predicted octanol–water partition coefficient (Wildman–Crippen LogP) is 5.09. The number of hydrogen-bond donors (Lipinski definition) is 1. The molecular formula is C24H22ClFN2O4S. The van der Waals surface area contributed by atoms with Crippen LogP contribution in [0.1, 0.15) is 28.8 Å². The number of nitrogens with zero attached hydrogens (tertiary/aromatic N) is 1. The van der Waals surface area contributed by atoms with Gasteiger partial charge in [-0.1, -0.05) is 23.7 Å². The third-order valence-corrected chi connectivity index (χ3v) is 7.19. The van der Waals surface area contributed by atoms with Crippen molar-refractivity contribution in [1.29, 1.82) is 0 Å². The maximum atomic E-state index is 13.3. The van der Waals surface area contributed by atoms with Crippen molar-refractivity contribution in [3.8, 4) is 5.75 Å². The van der Waals surface area contributed by atoms with Crippen molar-refractivity contribution in [3.63, 3.8) is 0 Å². The number of sulfonamides is 1. The SMILES string of the molecule is COc1ccc(NS(=O)(=O)c2cc(C(=O)N(Cc3ccc(F)cc3)C3CC3)ccc2Cl)cc1. The average Bonchev–Trinajstić information content (AvgIpc) is 3.64. The molecule has 33 heavy (non-hydrogen) atoms.